The lowest BCUT2D eigenvalue weighted by atomic mass is 10.1. The highest BCUT2D eigenvalue weighted by molar-refractivity contribution is 5.72. The summed E-state index contributed by atoms with van der Waals surface area (Å²) < 4.78 is 5.21. The Morgan fingerprint density at radius 3 is 2.42 bits per heavy atom. The van der Waals surface area contributed by atoms with Gasteiger partial charge in [-0.2, -0.15) is 0 Å². The van der Waals surface area contributed by atoms with Crippen molar-refractivity contribution in [2.24, 2.45) is 5.92 Å². The molecular formula is C9H18O3. The Hall–Kier alpha value is -0.570. The average molecular weight is 174 g/mol. The molecule has 0 saturated heterocycles. The zero-order valence-electron chi connectivity index (χ0n) is 8.04. The van der Waals surface area contributed by atoms with E-state index in [1.807, 2.05) is 13.8 Å². The van der Waals surface area contributed by atoms with Crippen LogP contribution in [0.1, 0.15) is 33.6 Å². The molecule has 0 rings (SSSR count). The first kappa shape index (κ1) is 11.4. The summed E-state index contributed by atoms with van der Waals surface area (Å²) in [6.07, 6.45) is 1.32. The SMILES string of the molecule is CCCCOC(C(=O)O)C(C)C. The van der Waals surface area contributed by atoms with Gasteiger partial charge in [-0.3, -0.25) is 0 Å². The normalized spacial score (nSPS) is 13.3. The smallest absolute Gasteiger partial charge is 0.333 e. The predicted octanol–water partition coefficient (Wildman–Crippen LogP) is 1.91. The molecule has 0 spiro atoms. The molecule has 12 heavy (non-hydrogen) atoms. The zero-order valence-corrected chi connectivity index (χ0v) is 8.04. The molecule has 1 unspecified atom stereocenters. The van der Waals surface area contributed by atoms with Gasteiger partial charge in [0, 0.05) is 6.61 Å². The minimum atomic E-state index is -0.860. The molecule has 3 heteroatoms. The molecule has 3 nitrogen and oxygen atoms in total. The van der Waals surface area contributed by atoms with E-state index < -0.39 is 12.1 Å². The second-order valence-corrected chi connectivity index (χ2v) is 3.23. The predicted molar refractivity (Wildman–Crippen MR) is 47.1 cm³/mol. The monoisotopic (exact) mass is 174 g/mol. The van der Waals surface area contributed by atoms with Gasteiger partial charge in [-0.05, 0) is 12.3 Å². The number of hydrogen-bond acceptors (Lipinski definition) is 2. The molecule has 0 saturated carbocycles. The topological polar surface area (TPSA) is 46.5 Å². The van der Waals surface area contributed by atoms with E-state index in [9.17, 15) is 4.79 Å². The van der Waals surface area contributed by atoms with Gasteiger partial charge in [-0.1, -0.05) is 27.2 Å². The Morgan fingerprint density at radius 2 is 2.08 bits per heavy atom. The third-order valence-electron chi connectivity index (χ3n) is 1.64. The molecule has 0 fully saturated rings. The van der Waals surface area contributed by atoms with Gasteiger partial charge >= 0.3 is 5.97 Å². The van der Waals surface area contributed by atoms with Gasteiger partial charge < -0.3 is 9.84 Å². The van der Waals surface area contributed by atoms with Crippen molar-refractivity contribution in [3.63, 3.8) is 0 Å². The largest absolute Gasteiger partial charge is 0.479 e. The number of aliphatic carboxylic acids is 1. The van der Waals surface area contributed by atoms with Gasteiger partial charge in [-0.25, -0.2) is 4.79 Å². The maximum Gasteiger partial charge on any atom is 0.333 e. The molecule has 0 aliphatic rings. The minimum Gasteiger partial charge on any atom is -0.479 e. The van der Waals surface area contributed by atoms with E-state index in [0.29, 0.717) is 6.61 Å². The van der Waals surface area contributed by atoms with E-state index in [1.54, 1.807) is 0 Å². The lowest BCUT2D eigenvalue weighted by molar-refractivity contribution is -0.153. The van der Waals surface area contributed by atoms with Gasteiger partial charge in [0.1, 0.15) is 0 Å². The second-order valence-electron chi connectivity index (χ2n) is 3.23. The maximum atomic E-state index is 10.6. The van der Waals surface area contributed by atoms with Crippen LogP contribution in [0.4, 0.5) is 0 Å². The summed E-state index contributed by atoms with van der Waals surface area (Å²) in [5.41, 5.74) is 0. The number of unbranched alkanes of at least 4 members (excludes halogenated alkanes) is 1. The van der Waals surface area contributed by atoms with Crippen molar-refractivity contribution in [1.82, 2.24) is 0 Å². The fourth-order valence-corrected chi connectivity index (χ4v) is 0.904. The first-order valence-corrected chi connectivity index (χ1v) is 4.44. The van der Waals surface area contributed by atoms with Gasteiger partial charge in [0.05, 0.1) is 0 Å². The lowest BCUT2D eigenvalue weighted by Gasteiger charge is -2.16. The molecule has 1 N–H and O–H groups in total. The van der Waals surface area contributed by atoms with Crippen LogP contribution < -0.4 is 0 Å². The molecule has 1 atom stereocenters. The lowest BCUT2D eigenvalue weighted by Crippen LogP contribution is -2.29. The number of carboxylic acid groups (broad SMARTS) is 1. The standard InChI is InChI=1S/C9H18O3/c1-4-5-6-12-8(7(2)3)9(10)11/h7-8H,4-6H2,1-3H3,(H,10,11). The van der Waals surface area contributed by atoms with Crippen molar-refractivity contribution < 1.29 is 14.6 Å². The van der Waals surface area contributed by atoms with E-state index in [2.05, 4.69) is 6.92 Å². The third-order valence-corrected chi connectivity index (χ3v) is 1.64. The van der Waals surface area contributed by atoms with Crippen molar-refractivity contribution >= 4 is 5.97 Å². The van der Waals surface area contributed by atoms with E-state index in [4.69, 9.17) is 9.84 Å². The number of rotatable bonds is 6. The summed E-state index contributed by atoms with van der Waals surface area (Å²) in [4.78, 5) is 10.6. The summed E-state index contributed by atoms with van der Waals surface area (Å²) in [5, 5.41) is 8.72. The van der Waals surface area contributed by atoms with Gasteiger partial charge in [0.2, 0.25) is 0 Å². The van der Waals surface area contributed by atoms with Crippen LogP contribution in [-0.4, -0.2) is 23.8 Å². The van der Waals surface area contributed by atoms with Gasteiger partial charge in [0.25, 0.3) is 0 Å². The Bertz CT molecular complexity index is 132. The van der Waals surface area contributed by atoms with Crippen molar-refractivity contribution in [2.75, 3.05) is 6.61 Å². The van der Waals surface area contributed by atoms with E-state index in [0.717, 1.165) is 12.8 Å². The van der Waals surface area contributed by atoms with Gasteiger partial charge in [-0.15, -0.1) is 0 Å². The maximum absolute atomic E-state index is 10.6. The number of hydrogen-bond donors (Lipinski definition) is 1. The number of carboxylic acids is 1. The molecule has 0 aromatic heterocycles. The highest BCUT2D eigenvalue weighted by atomic mass is 16.5. The molecule has 0 heterocycles. The molecular weight excluding hydrogens is 156 g/mol. The molecule has 0 amide bonds. The first-order chi connectivity index (χ1) is 5.59. The van der Waals surface area contributed by atoms with Crippen LogP contribution in [0.5, 0.6) is 0 Å². The van der Waals surface area contributed by atoms with Crippen LogP contribution in [0, 0.1) is 5.92 Å². The van der Waals surface area contributed by atoms with Crippen LogP contribution in [-0.2, 0) is 9.53 Å². The van der Waals surface area contributed by atoms with Crippen LogP contribution in [0.3, 0.4) is 0 Å². The van der Waals surface area contributed by atoms with Crippen molar-refractivity contribution in [3.8, 4) is 0 Å². The molecule has 0 bridgehead atoms. The Morgan fingerprint density at radius 1 is 1.50 bits per heavy atom. The minimum absolute atomic E-state index is 0.0411. The van der Waals surface area contributed by atoms with Crippen molar-refractivity contribution in [2.45, 2.75) is 39.7 Å². The Kier molecular flexibility index (Phi) is 5.72. The molecule has 0 aliphatic carbocycles. The highest BCUT2D eigenvalue weighted by Crippen LogP contribution is 2.07. The Labute approximate surface area is 73.7 Å². The van der Waals surface area contributed by atoms with Crippen molar-refractivity contribution in [3.05, 3.63) is 0 Å². The zero-order chi connectivity index (χ0) is 9.56. The number of carbonyl (C=O) groups is 1. The molecule has 0 aromatic rings. The van der Waals surface area contributed by atoms with E-state index >= 15 is 0 Å². The molecule has 0 aliphatic heterocycles. The van der Waals surface area contributed by atoms with E-state index in [1.165, 1.54) is 0 Å². The van der Waals surface area contributed by atoms with E-state index in [-0.39, 0.29) is 5.92 Å². The summed E-state index contributed by atoms with van der Waals surface area (Å²) in [6, 6.07) is 0. The molecule has 0 radical (unpaired) electrons. The summed E-state index contributed by atoms with van der Waals surface area (Å²) in [6.45, 7) is 6.30. The fourth-order valence-electron chi connectivity index (χ4n) is 0.904. The van der Waals surface area contributed by atoms with Crippen molar-refractivity contribution in [1.29, 1.82) is 0 Å². The fraction of sp³-hybridized carbons (Fsp3) is 0.889. The second kappa shape index (κ2) is 6.00. The Balaban J connectivity index is 3.72. The highest BCUT2D eigenvalue weighted by Gasteiger charge is 2.21. The summed E-state index contributed by atoms with van der Waals surface area (Å²) in [5.74, 6) is -0.819. The van der Waals surface area contributed by atoms with Crippen LogP contribution >= 0.6 is 0 Å². The average Bonchev–Trinajstić information content (AvgIpc) is 1.96. The number of ether oxygens (including phenoxy) is 1. The van der Waals surface area contributed by atoms with Crippen LogP contribution in [0.25, 0.3) is 0 Å². The third kappa shape index (κ3) is 4.34. The van der Waals surface area contributed by atoms with Crippen LogP contribution in [0.15, 0.2) is 0 Å². The molecule has 72 valence electrons. The quantitative estimate of drug-likeness (QED) is 0.626. The van der Waals surface area contributed by atoms with Crippen LogP contribution in [0.2, 0.25) is 0 Å². The van der Waals surface area contributed by atoms with Gasteiger partial charge in [0.15, 0.2) is 6.10 Å². The summed E-state index contributed by atoms with van der Waals surface area (Å²) in [7, 11) is 0. The first-order valence-electron chi connectivity index (χ1n) is 4.44. The summed E-state index contributed by atoms with van der Waals surface area (Å²) >= 11 is 0. The molecule has 0 aromatic carbocycles.